The Balaban J connectivity index is 2.43. The van der Waals surface area contributed by atoms with Gasteiger partial charge in [-0.2, -0.15) is 4.31 Å². The molecule has 7 nitrogen and oxygen atoms in total. The third-order valence-corrected chi connectivity index (χ3v) is 5.83. The molecule has 9 heteroatoms. The molecule has 0 unspecified atom stereocenters. The summed E-state index contributed by atoms with van der Waals surface area (Å²) < 4.78 is 41.6. The average Bonchev–Trinajstić information content (AvgIpc) is 2.96. The van der Waals surface area contributed by atoms with E-state index in [-0.39, 0.29) is 23.6 Å². The lowest BCUT2D eigenvalue weighted by Crippen LogP contribution is -2.41. The van der Waals surface area contributed by atoms with Gasteiger partial charge in [-0.15, -0.1) is 11.6 Å². The van der Waals surface area contributed by atoms with Gasteiger partial charge < -0.3 is 14.2 Å². The summed E-state index contributed by atoms with van der Waals surface area (Å²) in [6.45, 7) is 0.0397. The van der Waals surface area contributed by atoms with Crippen molar-refractivity contribution < 1.29 is 27.4 Å². The van der Waals surface area contributed by atoms with Crippen LogP contribution in [-0.4, -0.2) is 58.0 Å². The molecule has 1 aromatic carbocycles. The number of halogens is 1. The summed E-state index contributed by atoms with van der Waals surface area (Å²) in [6.07, 6.45) is 0.209. The van der Waals surface area contributed by atoms with Crippen molar-refractivity contribution in [3.63, 3.8) is 0 Å². The fraction of sp³-hybridized carbons (Fsp3) is 0.500. The van der Waals surface area contributed by atoms with Crippen LogP contribution in [0.2, 0.25) is 0 Å². The van der Waals surface area contributed by atoms with E-state index in [0.717, 1.165) is 4.31 Å². The van der Waals surface area contributed by atoms with E-state index in [1.165, 1.54) is 39.5 Å². The molecule has 0 bridgehead atoms. The highest BCUT2D eigenvalue weighted by Gasteiger charge is 2.44. The highest BCUT2D eigenvalue weighted by atomic mass is 35.5. The molecule has 1 aromatic rings. The molecule has 0 spiro atoms. The van der Waals surface area contributed by atoms with Crippen LogP contribution in [0, 0.1) is 0 Å². The number of sulfonamides is 1. The van der Waals surface area contributed by atoms with Crippen molar-refractivity contribution in [2.75, 3.05) is 27.9 Å². The molecule has 0 radical (unpaired) electrons. The highest BCUT2D eigenvalue weighted by Crippen LogP contribution is 2.34. The number of carbonyl (C=O) groups is 1. The molecule has 1 aliphatic heterocycles. The summed E-state index contributed by atoms with van der Waals surface area (Å²) in [7, 11) is 0.161. The Hall–Kier alpha value is -1.51. The van der Waals surface area contributed by atoms with Crippen molar-refractivity contribution in [3.8, 4) is 11.5 Å². The lowest BCUT2D eigenvalue weighted by Gasteiger charge is -2.22. The molecule has 0 aromatic heterocycles. The number of carbonyl (C=O) groups excluding carboxylic acids is 1. The Kier molecular flexibility index (Phi) is 5.38. The summed E-state index contributed by atoms with van der Waals surface area (Å²) in [5.41, 5.74) is 0. The van der Waals surface area contributed by atoms with E-state index in [4.69, 9.17) is 21.1 Å². The minimum Gasteiger partial charge on any atom is -0.493 e. The summed E-state index contributed by atoms with van der Waals surface area (Å²) in [6, 6.07) is 3.31. The zero-order chi connectivity index (χ0) is 17.2. The molecule has 1 fully saturated rings. The number of rotatable bonds is 5. The second-order valence-electron chi connectivity index (χ2n) is 4.96. The Labute approximate surface area is 140 Å². The first-order chi connectivity index (χ1) is 10.8. The third-order valence-electron chi connectivity index (χ3n) is 3.64. The van der Waals surface area contributed by atoms with Crippen molar-refractivity contribution >= 4 is 27.6 Å². The zero-order valence-electron chi connectivity index (χ0n) is 13.0. The Bertz CT molecular complexity index is 693. The van der Waals surface area contributed by atoms with Crippen molar-refractivity contribution in [2.45, 2.75) is 22.7 Å². The topological polar surface area (TPSA) is 82.1 Å². The van der Waals surface area contributed by atoms with Gasteiger partial charge in [0.2, 0.25) is 10.0 Å². The zero-order valence-corrected chi connectivity index (χ0v) is 14.6. The Morgan fingerprint density at radius 3 is 2.43 bits per heavy atom. The van der Waals surface area contributed by atoms with Crippen molar-refractivity contribution in [1.82, 2.24) is 4.31 Å². The van der Waals surface area contributed by atoms with E-state index in [9.17, 15) is 13.2 Å². The van der Waals surface area contributed by atoms with Gasteiger partial charge in [-0.1, -0.05) is 0 Å². The first-order valence-electron chi connectivity index (χ1n) is 6.81. The molecule has 0 amide bonds. The largest absolute Gasteiger partial charge is 0.493 e. The fourth-order valence-corrected chi connectivity index (χ4v) is 4.53. The van der Waals surface area contributed by atoms with Crippen LogP contribution in [-0.2, 0) is 19.6 Å². The summed E-state index contributed by atoms with van der Waals surface area (Å²) in [4.78, 5) is 11.8. The lowest BCUT2D eigenvalue weighted by atomic mass is 10.2. The first kappa shape index (κ1) is 17.8. The second-order valence-corrected chi connectivity index (χ2v) is 7.47. The number of hydrogen-bond acceptors (Lipinski definition) is 6. The maximum atomic E-state index is 12.8. The molecule has 23 heavy (non-hydrogen) atoms. The SMILES string of the molecule is COC(=O)[C@H]1C[C@@H](Cl)CN1S(=O)(=O)c1ccc(OC)c(OC)c1. The van der Waals surface area contributed by atoms with Gasteiger partial charge >= 0.3 is 5.97 Å². The van der Waals surface area contributed by atoms with E-state index < -0.39 is 27.4 Å². The number of alkyl halides is 1. The quantitative estimate of drug-likeness (QED) is 0.578. The Morgan fingerprint density at radius 1 is 1.22 bits per heavy atom. The van der Waals surface area contributed by atoms with Crippen LogP contribution in [0.5, 0.6) is 11.5 Å². The third kappa shape index (κ3) is 3.39. The smallest absolute Gasteiger partial charge is 0.324 e. The fourth-order valence-electron chi connectivity index (χ4n) is 2.48. The van der Waals surface area contributed by atoms with E-state index in [2.05, 4.69) is 4.74 Å². The van der Waals surface area contributed by atoms with Crippen molar-refractivity contribution in [3.05, 3.63) is 18.2 Å². The van der Waals surface area contributed by atoms with E-state index in [1.807, 2.05) is 0 Å². The van der Waals surface area contributed by atoms with E-state index in [1.54, 1.807) is 0 Å². The molecule has 1 aliphatic rings. The van der Waals surface area contributed by atoms with Crippen molar-refractivity contribution in [1.29, 1.82) is 0 Å². The molecule has 0 N–H and O–H groups in total. The minimum absolute atomic E-state index is 0.00480. The molecule has 2 atom stereocenters. The molecule has 1 heterocycles. The van der Waals surface area contributed by atoms with Crippen LogP contribution >= 0.6 is 11.6 Å². The number of benzene rings is 1. The number of nitrogens with zero attached hydrogens (tertiary/aromatic N) is 1. The van der Waals surface area contributed by atoms with E-state index in [0.29, 0.717) is 5.75 Å². The van der Waals surface area contributed by atoms with Crippen LogP contribution in [0.4, 0.5) is 0 Å². The van der Waals surface area contributed by atoms with Crippen LogP contribution in [0.25, 0.3) is 0 Å². The molecular weight excluding hydrogens is 346 g/mol. The predicted molar refractivity (Wildman–Crippen MR) is 83.5 cm³/mol. The van der Waals surface area contributed by atoms with Crippen LogP contribution < -0.4 is 9.47 Å². The number of esters is 1. The van der Waals surface area contributed by atoms with Gasteiger partial charge in [-0.25, -0.2) is 8.42 Å². The van der Waals surface area contributed by atoms with Gasteiger partial charge in [0, 0.05) is 18.0 Å². The number of methoxy groups -OCH3 is 3. The lowest BCUT2D eigenvalue weighted by molar-refractivity contribution is -0.144. The number of hydrogen-bond donors (Lipinski definition) is 0. The molecule has 128 valence electrons. The highest BCUT2D eigenvalue weighted by molar-refractivity contribution is 7.89. The van der Waals surface area contributed by atoms with Gasteiger partial charge in [0.25, 0.3) is 0 Å². The maximum Gasteiger partial charge on any atom is 0.324 e. The monoisotopic (exact) mass is 363 g/mol. The first-order valence-corrected chi connectivity index (χ1v) is 8.68. The van der Waals surface area contributed by atoms with Crippen LogP contribution in [0.15, 0.2) is 23.1 Å². The van der Waals surface area contributed by atoms with Crippen molar-refractivity contribution in [2.24, 2.45) is 0 Å². The average molecular weight is 364 g/mol. The van der Waals surface area contributed by atoms with Crippen LogP contribution in [0.3, 0.4) is 0 Å². The second kappa shape index (κ2) is 6.94. The molecule has 1 saturated heterocycles. The Morgan fingerprint density at radius 2 is 1.87 bits per heavy atom. The van der Waals surface area contributed by atoms with Gasteiger partial charge in [0.1, 0.15) is 6.04 Å². The molecule has 0 saturated carbocycles. The summed E-state index contributed by atoms with van der Waals surface area (Å²) >= 11 is 6.04. The summed E-state index contributed by atoms with van der Waals surface area (Å²) in [5, 5.41) is -0.450. The number of ether oxygens (including phenoxy) is 3. The van der Waals surface area contributed by atoms with Gasteiger partial charge in [-0.3, -0.25) is 4.79 Å². The molecular formula is C14H18ClNO6S. The molecule has 2 rings (SSSR count). The normalized spacial score (nSPS) is 21.9. The van der Waals surface area contributed by atoms with Gasteiger partial charge in [-0.05, 0) is 18.6 Å². The maximum absolute atomic E-state index is 12.8. The summed E-state index contributed by atoms with van der Waals surface area (Å²) in [5.74, 6) is 0.0645. The standard InChI is InChI=1S/C14H18ClNO6S/c1-20-12-5-4-10(7-13(12)21-2)23(18,19)16-8-9(15)6-11(16)14(17)22-3/h4-5,7,9,11H,6,8H2,1-3H3/t9-,11-/m1/s1. The van der Waals surface area contributed by atoms with Gasteiger partial charge in [0.15, 0.2) is 11.5 Å². The van der Waals surface area contributed by atoms with E-state index >= 15 is 0 Å². The molecule has 0 aliphatic carbocycles. The van der Waals surface area contributed by atoms with Gasteiger partial charge in [0.05, 0.1) is 26.2 Å². The van der Waals surface area contributed by atoms with Crippen LogP contribution in [0.1, 0.15) is 6.42 Å². The minimum atomic E-state index is -3.92. The predicted octanol–water partition coefficient (Wildman–Crippen LogP) is 1.25.